The van der Waals surface area contributed by atoms with Crippen LogP contribution in [0.15, 0.2) is 5.11 Å². The van der Waals surface area contributed by atoms with Crippen molar-refractivity contribution in [2.24, 2.45) is 11.0 Å². The molecule has 5 nitrogen and oxygen atoms in total. The fourth-order valence-corrected chi connectivity index (χ4v) is 1.64. The van der Waals surface area contributed by atoms with Crippen LogP contribution in [0, 0.1) is 5.92 Å². The summed E-state index contributed by atoms with van der Waals surface area (Å²) in [6.07, 6.45) is -0.401. The predicted molar refractivity (Wildman–Crippen MR) is 43.3 cm³/mol. The van der Waals surface area contributed by atoms with E-state index in [1.807, 2.05) is 6.92 Å². The first-order chi connectivity index (χ1) is 5.65. The number of aliphatic hydroxyl groups excluding tert-OH is 2. The van der Waals surface area contributed by atoms with E-state index in [2.05, 4.69) is 10.0 Å². The molecule has 0 aliphatic heterocycles. The van der Waals surface area contributed by atoms with Crippen molar-refractivity contribution >= 4 is 0 Å². The fraction of sp³-hybridized carbons (Fsp3) is 1.00. The molecule has 1 unspecified atom stereocenters. The van der Waals surface area contributed by atoms with Crippen molar-refractivity contribution in [1.82, 2.24) is 0 Å². The standard InChI is InChI=1S/C7H13N3O2/c1-4-2-5(9-10-8)7(12)6(11)3-4/h4-7,11-12H,2-3H2,1H3/t4-,5?,6-,7-/m0/s1. The molecule has 12 heavy (non-hydrogen) atoms. The highest BCUT2D eigenvalue weighted by atomic mass is 16.3. The molecule has 0 bridgehead atoms. The maximum atomic E-state index is 9.37. The Kier molecular flexibility index (Phi) is 2.92. The Morgan fingerprint density at radius 1 is 1.42 bits per heavy atom. The van der Waals surface area contributed by atoms with Gasteiger partial charge in [-0.1, -0.05) is 12.0 Å². The molecule has 5 heteroatoms. The van der Waals surface area contributed by atoms with Crippen LogP contribution in [0.1, 0.15) is 19.8 Å². The van der Waals surface area contributed by atoms with Crippen molar-refractivity contribution in [3.63, 3.8) is 0 Å². The molecule has 4 atom stereocenters. The summed E-state index contributed by atoms with van der Waals surface area (Å²) in [7, 11) is 0. The molecule has 1 aliphatic carbocycles. The third kappa shape index (κ3) is 1.88. The van der Waals surface area contributed by atoms with E-state index in [0.29, 0.717) is 18.8 Å². The zero-order valence-corrected chi connectivity index (χ0v) is 6.96. The van der Waals surface area contributed by atoms with E-state index in [1.165, 1.54) is 0 Å². The van der Waals surface area contributed by atoms with Gasteiger partial charge in [0.15, 0.2) is 0 Å². The molecule has 1 aliphatic rings. The second-order valence-electron chi connectivity index (χ2n) is 3.41. The van der Waals surface area contributed by atoms with Gasteiger partial charge in [0.05, 0.1) is 18.2 Å². The van der Waals surface area contributed by atoms with Gasteiger partial charge in [0.1, 0.15) is 0 Å². The minimum atomic E-state index is -0.892. The second-order valence-corrected chi connectivity index (χ2v) is 3.41. The molecule has 0 spiro atoms. The monoisotopic (exact) mass is 171 g/mol. The highest BCUT2D eigenvalue weighted by Crippen LogP contribution is 2.26. The van der Waals surface area contributed by atoms with Gasteiger partial charge in [-0.05, 0) is 24.3 Å². The van der Waals surface area contributed by atoms with Crippen LogP contribution in [0.25, 0.3) is 10.4 Å². The largest absolute Gasteiger partial charge is 0.390 e. The number of hydrogen-bond acceptors (Lipinski definition) is 3. The predicted octanol–water partition coefficient (Wildman–Crippen LogP) is 0.817. The number of rotatable bonds is 1. The van der Waals surface area contributed by atoms with Crippen LogP contribution in [0.4, 0.5) is 0 Å². The maximum absolute atomic E-state index is 9.37. The summed E-state index contributed by atoms with van der Waals surface area (Å²) in [5.41, 5.74) is 8.17. The number of hydrogen-bond donors (Lipinski definition) is 2. The Morgan fingerprint density at radius 3 is 2.67 bits per heavy atom. The molecule has 0 radical (unpaired) electrons. The first-order valence-electron chi connectivity index (χ1n) is 4.05. The SMILES string of the molecule is C[C@H]1CC(N=[N+]=[N-])[C@H](O)[C@@H](O)C1. The lowest BCUT2D eigenvalue weighted by molar-refractivity contribution is -0.0345. The van der Waals surface area contributed by atoms with Gasteiger partial charge in [-0.15, -0.1) is 0 Å². The van der Waals surface area contributed by atoms with E-state index in [-0.39, 0.29) is 0 Å². The van der Waals surface area contributed by atoms with E-state index in [1.54, 1.807) is 0 Å². The summed E-state index contributed by atoms with van der Waals surface area (Å²) in [6.45, 7) is 1.97. The Hall–Kier alpha value is -0.770. The van der Waals surface area contributed by atoms with E-state index in [0.717, 1.165) is 0 Å². The Balaban J connectivity index is 2.65. The molecule has 0 heterocycles. The molecule has 0 saturated heterocycles. The summed E-state index contributed by atoms with van der Waals surface area (Å²) in [4.78, 5) is 2.63. The highest BCUT2D eigenvalue weighted by Gasteiger charge is 2.33. The van der Waals surface area contributed by atoms with Crippen LogP contribution in [0.3, 0.4) is 0 Å². The third-order valence-electron chi connectivity index (χ3n) is 2.28. The molecule has 2 N–H and O–H groups in total. The van der Waals surface area contributed by atoms with Crippen LogP contribution >= 0.6 is 0 Å². The van der Waals surface area contributed by atoms with E-state index in [9.17, 15) is 10.2 Å². The minimum absolute atomic E-state index is 0.305. The quantitative estimate of drug-likeness (QED) is 0.347. The molecular formula is C7H13N3O2. The third-order valence-corrected chi connectivity index (χ3v) is 2.28. The highest BCUT2D eigenvalue weighted by molar-refractivity contribution is 4.89. The van der Waals surface area contributed by atoms with Gasteiger partial charge < -0.3 is 10.2 Å². The van der Waals surface area contributed by atoms with E-state index in [4.69, 9.17) is 5.53 Å². The van der Waals surface area contributed by atoms with E-state index < -0.39 is 18.2 Å². The Morgan fingerprint density at radius 2 is 2.08 bits per heavy atom. The molecule has 1 saturated carbocycles. The van der Waals surface area contributed by atoms with Gasteiger partial charge in [0.25, 0.3) is 0 Å². The van der Waals surface area contributed by atoms with Gasteiger partial charge in [-0.2, -0.15) is 0 Å². The van der Waals surface area contributed by atoms with Gasteiger partial charge >= 0.3 is 0 Å². The Labute approximate surface area is 70.6 Å². The van der Waals surface area contributed by atoms with Gasteiger partial charge in [-0.3, -0.25) is 0 Å². The van der Waals surface area contributed by atoms with Gasteiger partial charge in [0, 0.05) is 4.91 Å². The van der Waals surface area contributed by atoms with Crippen LogP contribution in [-0.2, 0) is 0 Å². The van der Waals surface area contributed by atoms with Crippen molar-refractivity contribution in [1.29, 1.82) is 0 Å². The summed E-state index contributed by atoms with van der Waals surface area (Å²) in [5.74, 6) is 0.305. The molecule has 1 rings (SSSR count). The molecule has 68 valence electrons. The molecule has 0 aromatic carbocycles. The zero-order chi connectivity index (χ0) is 9.14. The van der Waals surface area contributed by atoms with Crippen LogP contribution < -0.4 is 0 Å². The van der Waals surface area contributed by atoms with Crippen molar-refractivity contribution in [3.8, 4) is 0 Å². The summed E-state index contributed by atoms with van der Waals surface area (Å²) < 4.78 is 0. The first-order valence-corrected chi connectivity index (χ1v) is 4.05. The second kappa shape index (κ2) is 3.76. The van der Waals surface area contributed by atoms with Gasteiger partial charge in [-0.25, -0.2) is 0 Å². The summed E-state index contributed by atoms with van der Waals surface area (Å²) in [6, 6.07) is -0.464. The summed E-state index contributed by atoms with van der Waals surface area (Å²) in [5, 5.41) is 22.1. The molecule has 1 fully saturated rings. The van der Waals surface area contributed by atoms with E-state index >= 15 is 0 Å². The number of azide groups is 1. The summed E-state index contributed by atoms with van der Waals surface area (Å²) >= 11 is 0. The topological polar surface area (TPSA) is 89.2 Å². The Bertz CT molecular complexity index is 203. The molecule has 0 aromatic rings. The number of nitrogens with zero attached hydrogens (tertiary/aromatic N) is 3. The van der Waals surface area contributed by atoms with Crippen LogP contribution in [-0.4, -0.2) is 28.5 Å². The lowest BCUT2D eigenvalue weighted by Crippen LogP contribution is -2.42. The molecule has 0 amide bonds. The maximum Gasteiger partial charge on any atom is 0.0883 e. The van der Waals surface area contributed by atoms with Crippen molar-refractivity contribution in [3.05, 3.63) is 10.4 Å². The van der Waals surface area contributed by atoms with Gasteiger partial charge in [0.2, 0.25) is 0 Å². The van der Waals surface area contributed by atoms with Crippen molar-refractivity contribution in [2.75, 3.05) is 0 Å². The molecular weight excluding hydrogens is 158 g/mol. The normalized spacial score (nSPS) is 41.9. The number of aliphatic hydroxyl groups is 2. The average molecular weight is 171 g/mol. The minimum Gasteiger partial charge on any atom is -0.390 e. The van der Waals surface area contributed by atoms with Crippen molar-refractivity contribution in [2.45, 2.75) is 38.0 Å². The van der Waals surface area contributed by atoms with Crippen LogP contribution in [0.5, 0.6) is 0 Å². The van der Waals surface area contributed by atoms with Crippen molar-refractivity contribution < 1.29 is 10.2 Å². The van der Waals surface area contributed by atoms with Crippen LogP contribution in [0.2, 0.25) is 0 Å². The lowest BCUT2D eigenvalue weighted by atomic mass is 9.83. The molecule has 0 aromatic heterocycles. The lowest BCUT2D eigenvalue weighted by Gasteiger charge is -2.32. The fourth-order valence-electron chi connectivity index (χ4n) is 1.64. The first kappa shape index (κ1) is 9.32. The average Bonchev–Trinajstić information content (AvgIpc) is 2.00. The zero-order valence-electron chi connectivity index (χ0n) is 6.96. The smallest absolute Gasteiger partial charge is 0.0883 e.